The van der Waals surface area contributed by atoms with Crippen LogP contribution in [-0.2, 0) is 22.5 Å². The maximum atomic E-state index is 12.9. The van der Waals surface area contributed by atoms with Crippen molar-refractivity contribution in [2.24, 2.45) is 0 Å². The molecule has 0 heterocycles. The Bertz CT molecular complexity index is 1110. The first-order valence-electron chi connectivity index (χ1n) is 10.8. The third-order valence-corrected chi connectivity index (χ3v) is 4.82. The van der Waals surface area contributed by atoms with Gasteiger partial charge in [-0.3, -0.25) is 9.59 Å². The minimum absolute atomic E-state index is 0.138. The number of ether oxygens (including phenoxy) is 2. The Balaban J connectivity index is 1.43. The molecular weight excluding hydrogens is 439 g/mol. The zero-order chi connectivity index (χ0) is 24.3. The van der Waals surface area contributed by atoms with Gasteiger partial charge < -0.3 is 20.1 Å². The van der Waals surface area contributed by atoms with Crippen LogP contribution in [-0.4, -0.2) is 24.6 Å². The van der Waals surface area contributed by atoms with Crippen molar-refractivity contribution >= 4 is 23.7 Å². The van der Waals surface area contributed by atoms with E-state index < -0.39 is 6.16 Å². The van der Waals surface area contributed by atoms with Gasteiger partial charge in [0.05, 0.1) is 6.61 Å². The number of carbonyl (C=O) groups is 3. The fourth-order valence-corrected chi connectivity index (χ4v) is 3.04. The minimum atomic E-state index is -0.799. The van der Waals surface area contributed by atoms with Gasteiger partial charge in [-0.25, -0.2) is 9.18 Å². The monoisotopic (exact) mass is 464 g/mol. The van der Waals surface area contributed by atoms with Crippen LogP contribution < -0.4 is 15.4 Å². The van der Waals surface area contributed by atoms with Gasteiger partial charge >= 0.3 is 6.16 Å². The molecule has 0 unspecified atom stereocenters. The number of halogens is 1. The van der Waals surface area contributed by atoms with Gasteiger partial charge in [0.1, 0.15) is 11.6 Å². The van der Waals surface area contributed by atoms with Crippen molar-refractivity contribution in [1.82, 2.24) is 5.32 Å². The first kappa shape index (κ1) is 24.4. The fourth-order valence-electron chi connectivity index (χ4n) is 3.04. The second kappa shape index (κ2) is 12.2. The topological polar surface area (TPSA) is 93.7 Å². The van der Waals surface area contributed by atoms with Crippen molar-refractivity contribution in [1.29, 1.82) is 0 Å². The van der Waals surface area contributed by atoms with Gasteiger partial charge in [0.15, 0.2) is 0 Å². The molecule has 3 rings (SSSR count). The van der Waals surface area contributed by atoms with Crippen LogP contribution in [0.3, 0.4) is 0 Å². The van der Waals surface area contributed by atoms with Crippen molar-refractivity contribution < 1.29 is 28.2 Å². The summed E-state index contributed by atoms with van der Waals surface area (Å²) in [6.45, 7) is 2.19. The van der Waals surface area contributed by atoms with E-state index in [1.165, 1.54) is 24.3 Å². The Morgan fingerprint density at radius 3 is 2.15 bits per heavy atom. The van der Waals surface area contributed by atoms with Crippen molar-refractivity contribution in [3.05, 3.63) is 95.3 Å². The van der Waals surface area contributed by atoms with Crippen LogP contribution in [0.1, 0.15) is 34.8 Å². The number of amides is 2. The first-order chi connectivity index (χ1) is 16.4. The van der Waals surface area contributed by atoms with E-state index in [4.69, 9.17) is 9.47 Å². The fraction of sp³-hybridized carbons (Fsp3) is 0.192. The van der Waals surface area contributed by atoms with E-state index in [0.29, 0.717) is 24.2 Å². The van der Waals surface area contributed by atoms with Gasteiger partial charge in [0, 0.05) is 24.2 Å². The molecule has 0 aliphatic carbocycles. The summed E-state index contributed by atoms with van der Waals surface area (Å²) in [6, 6.07) is 19.4. The molecule has 0 aromatic heterocycles. The Kier molecular flexibility index (Phi) is 8.73. The van der Waals surface area contributed by atoms with Crippen LogP contribution in [0.2, 0.25) is 0 Å². The number of carbonyl (C=O) groups excluding carboxylic acids is 3. The zero-order valence-electron chi connectivity index (χ0n) is 18.7. The highest BCUT2D eigenvalue weighted by Gasteiger charge is 2.09. The van der Waals surface area contributed by atoms with Gasteiger partial charge in [0.2, 0.25) is 5.91 Å². The molecule has 0 aliphatic heterocycles. The number of nitrogens with one attached hydrogen (secondary N) is 2. The molecule has 0 saturated carbocycles. The summed E-state index contributed by atoms with van der Waals surface area (Å²) in [6.07, 6.45) is 0.00591. The molecule has 0 fully saturated rings. The molecule has 0 spiro atoms. The average Bonchev–Trinajstić information content (AvgIpc) is 2.83. The lowest BCUT2D eigenvalue weighted by atomic mass is 10.1. The number of aryl methyl sites for hydroxylation is 1. The lowest BCUT2D eigenvalue weighted by Crippen LogP contribution is -2.22. The largest absolute Gasteiger partial charge is 0.513 e. The van der Waals surface area contributed by atoms with E-state index in [9.17, 15) is 18.8 Å². The highest BCUT2D eigenvalue weighted by atomic mass is 19.1. The summed E-state index contributed by atoms with van der Waals surface area (Å²) < 4.78 is 22.6. The average molecular weight is 464 g/mol. The number of hydrogen-bond donors (Lipinski definition) is 2. The van der Waals surface area contributed by atoms with Crippen molar-refractivity contribution in [3.63, 3.8) is 0 Å². The summed E-state index contributed by atoms with van der Waals surface area (Å²) in [4.78, 5) is 35.8. The maximum Gasteiger partial charge on any atom is 0.513 e. The smallest absolute Gasteiger partial charge is 0.434 e. The quantitative estimate of drug-likeness (QED) is 0.348. The molecule has 34 heavy (non-hydrogen) atoms. The molecule has 3 aromatic rings. The second-order valence-electron chi connectivity index (χ2n) is 7.36. The van der Waals surface area contributed by atoms with Crippen LogP contribution in [0.4, 0.5) is 14.9 Å². The van der Waals surface area contributed by atoms with E-state index in [2.05, 4.69) is 10.6 Å². The third-order valence-electron chi connectivity index (χ3n) is 4.82. The predicted octanol–water partition coefficient (Wildman–Crippen LogP) is 4.86. The molecule has 3 aromatic carbocycles. The molecular formula is C26H25FN2O5. The molecule has 0 saturated heterocycles. The number of benzene rings is 3. The van der Waals surface area contributed by atoms with Gasteiger partial charge in [-0.1, -0.05) is 24.3 Å². The first-order valence-corrected chi connectivity index (χ1v) is 10.8. The molecule has 8 heteroatoms. The van der Waals surface area contributed by atoms with Gasteiger partial charge in [-0.2, -0.15) is 0 Å². The Morgan fingerprint density at radius 1 is 0.853 bits per heavy atom. The highest BCUT2D eigenvalue weighted by molar-refractivity contribution is 5.94. The van der Waals surface area contributed by atoms with E-state index >= 15 is 0 Å². The molecule has 7 nitrogen and oxygen atoms in total. The van der Waals surface area contributed by atoms with Crippen LogP contribution >= 0.6 is 0 Å². The highest BCUT2D eigenvalue weighted by Crippen LogP contribution is 2.14. The lowest BCUT2D eigenvalue weighted by molar-refractivity contribution is -0.116. The van der Waals surface area contributed by atoms with Gasteiger partial charge in [-0.15, -0.1) is 0 Å². The van der Waals surface area contributed by atoms with Crippen LogP contribution in [0.15, 0.2) is 72.8 Å². The predicted molar refractivity (Wildman–Crippen MR) is 125 cm³/mol. The third kappa shape index (κ3) is 7.74. The normalized spacial score (nSPS) is 10.3. The van der Waals surface area contributed by atoms with Gasteiger partial charge in [0.25, 0.3) is 5.91 Å². The minimum Gasteiger partial charge on any atom is -0.434 e. The van der Waals surface area contributed by atoms with Crippen LogP contribution in [0.5, 0.6) is 5.75 Å². The van der Waals surface area contributed by atoms with E-state index in [-0.39, 0.29) is 36.4 Å². The molecule has 0 bridgehead atoms. The zero-order valence-corrected chi connectivity index (χ0v) is 18.7. The Morgan fingerprint density at radius 2 is 1.50 bits per heavy atom. The molecule has 0 radical (unpaired) electrons. The maximum absolute atomic E-state index is 12.9. The molecule has 176 valence electrons. The van der Waals surface area contributed by atoms with Gasteiger partial charge in [-0.05, 0) is 73.0 Å². The molecule has 2 amide bonds. The lowest BCUT2D eigenvalue weighted by Gasteiger charge is -2.09. The standard InChI is InChI=1S/C26H25FN2O5/c1-2-33-26(32)34-23-14-8-20(9-15-23)25(31)28-17-19-5-12-22(13-6-19)29-24(30)16-7-18-3-10-21(27)11-4-18/h3-6,8-15H,2,7,16-17H2,1H3,(H,28,31)(H,29,30). The SMILES string of the molecule is CCOC(=O)Oc1ccc(C(=O)NCc2ccc(NC(=O)CCc3ccc(F)cc3)cc2)cc1. The van der Waals surface area contributed by atoms with E-state index in [0.717, 1.165) is 11.1 Å². The Labute approximate surface area is 196 Å². The number of hydrogen-bond acceptors (Lipinski definition) is 5. The van der Waals surface area contributed by atoms with E-state index in [1.807, 2.05) is 12.1 Å². The summed E-state index contributed by atoms with van der Waals surface area (Å²) in [5, 5.41) is 5.64. The van der Waals surface area contributed by atoms with Crippen LogP contribution in [0.25, 0.3) is 0 Å². The van der Waals surface area contributed by atoms with Crippen LogP contribution in [0, 0.1) is 5.82 Å². The molecule has 2 N–H and O–H groups in total. The summed E-state index contributed by atoms with van der Waals surface area (Å²) in [5.74, 6) is -0.435. The summed E-state index contributed by atoms with van der Waals surface area (Å²) in [5.41, 5.74) is 2.82. The summed E-state index contributed by atoms with van der Waals surface area (Å²) >= 11 is 0. The van der Waals surface area contributed by atoms with Crippen molar-refractivity contribution in [2.45, 2.75) is 26.3 Å². The van der Waals surface area contributed by atoms with Crippen molar-refractivity contribution in [2.75, 3.05) is 11.9 Å². The number of rotatable bonds is 9. The second-order valence-corrected chi connectivity index (χ2v) is 7.36. The molecule has 0 aliphatic rings. The Hall–Kier alpha value is -4.20. The number of anilines is 1. The van der Waals surface area contributed by atoms with Crippen molar-refractivity contribution in [3.8, 4) is 5.75 Å². The summed E-state index contributed by atoms with van der Waals surface area (Å²) in [7, 11) is 0. The van der Waals surface area contributed by atoms with E-state index in [1.54, 1.807) is 43.3 Å². The molecule has 0 atom stereocenters.